The second-order valence-corrected chi connectivity index (χ2v) is 6.62. The second-order valence-electron chi connectivity index (χ2n) is 4.96. The first-order valence-corrected chi connectivity index (χ1v) is 8.14. The third kappa shape index (κ3) is 5.47. The number of carbonyl (C=O) groups is 2. The van der Waals surface area contributed by atoms with Crippen molar-refractivity contribution in [3.05, 3.63) is 58.7 Å². The number of benzene rings is 1. The van der Waals surface area contributed by atoms with Gasteiger partial charge < -0.3 is 5.11 Å². The zero-order valence-electron chi connectivity index (χ0n) is 12.5. The van der Waals surface area contributed by atoms with E-state index >= 15 is 0 Å². The molecule has 0 saturated carbocycles. The molecule has 1 heterocycles. The molecule has 0 fully saturated rings. The maximum atomic E-state index is 12.5. The van der Waals surface area contributed by atoms with Crippen LogP contribution in [0.5, 0.6) is 0 Å². The number of carboxylic acid groups (broad SMARTS) is 1. The fourth-order valence-corrected chi connectivity index (χ4v) is 2.88. The number of halogens is 4. The molecule has 0 bridgehead atoms. The number of alkyl halides is 3. The van der Waals surface area contributed by atoms with Crippen LogP contribution in [0.2, 0.25) is 5.02 Å². The van der Waals surface area contributed by atoms with E-state index in [1.165, 1.54) is 24.3 Å². The number of aromatic nitrogens is 1. The van der Waals surface area contributed by atoms with E-state index in [0.717, 1.165) is 23.9 Å². The average Bonchev–Trinajstić information content (AvgIpc) is 2.54. The van der Waals surface area contributed by atoms with E-state index < -0.39 is 28.7 Å². The van der Waals surface area contributed by atoms with Crippen molar-refractivity contribution in [2.24, 2.45) is 0 Å². The summed E-state index contributed by atoms with van der Waals surface area (Å²) < 4.78 is 37.5. The Labute approximate surface area is 150 Å². The van der Waals surface area contributed by atoms with Crippen LogP contribution in [0.3, 0.4) is 0 Å². The molecule has 0 amide bonds. The largest absolute Gasteiger partial charge is 0.480 e. The summed E-state index contributed by atoms with van der Waals surface area (Å²) in [4.78, 5) is 27.1. The molecule has 0 saturated heterocycles. The minimum Gasteiger partial charge on any atom is -0.480 e. The highest BCUT2D eigenvalue weighted by Crippen LogP contribution is 2.31. The lowest BCUT2D eigenvalue weighted by atomic mass is 10.1. The Morgan fingerprint density at radius 1 is 1.16 bits per heavy atom. The van der Waals surface area contributed by atoms with Crippen LogP contribution in [0.25, 0.3) is 0 Å². The quantitative estimate of drug-likeness (QED) is 0.579. The van der Waals surface area contributed by atoms with Crippen LogP contribution in [0.4, 0.5) is 13.2 Å². The number of carboxylic acids is 1. The van der Waals surface area contributed by atoms with Crippen LogP contribution < -0.4 is 0 Å². The standard InChI is InChI=1S/C16H11ClF3NO3S/c17-11-4-1-9(2-5-11)12(22)7-13(15(23)24)25-14-6-3-10(8-21-14)16(18,19)20/h1-6,8,13H,7H2,(H,23,24). The SMILES string of the molecule is O=C(CC(Sc1ccc(C(F)(F)F)cn1)C(=O)O)c1ccc(Cl)cc1. The number of aliphatic carboxylic acids is 1. The Morgan fingerprint density at radius 3 is 2.28 bits per heavy atom. The van der Waals surface area contributed by atoms with Crippen LogP contribution in [0, 0.1) is 0 Å². The Hall–Kier alpha value is -2.06. The lowest BCUT2D eigenvalue weighted by Crippen LogP contribution is -2.20. The van der Waals surface area contributed by atoms with Gasteiger partial charge in [0.25, 0.3) is 0 Å². The highest BCUT2D eigenvalue weighted by Gasteiger charge is 2.31. The van der Waals surface area contributed by atoms with Crippen LogP contribution >= 0.6 is 23.4 Å². The number of thioether (sulfide) groups is 1. The van der Waals surface area contributed by atoms with Gasteiger partial charge in [0.1, 0.15) is 5.25 Å². The van der Waals surface area contributed by atoms with E-state index in [1.807, 2.05) is 0 Å². The monoisotopic (exact) mass is 389 g/mol. The fourth-order valence-electron chi connectivity index (χ4n) is 1.86. The van der Waals surface area contributed by atoms with Crippen molar-refractivity contribution >= 4 is 35.1 Å². The normalized spacial score (nSPS) is 12.6. The summed E-state index contributed by atoms with van der Waals surface area (Å²) in [5.41, 5.74) is -0.627. The first kappa shape index (κ1) is 19.3. The number of carbonyl (C=O) groups excluding carboxylic acids is 1. The van der Waals surface area contributed by atoms with Gasteiger partial charge in [0.05, 0.1) is 10.6 Å². The van der Waals surface area contributed by atoms with Crippen LogP contribution in [0.1, 0.15) is 22.3 Å². The smallest absolute Gasteiger partial charge is 0.417 e. The molecular weight excluding hydrogens is 379 g/mol. The first-order valence-electron chi connectivity index (χ1n) is 6.88. The number of nitrogens with zero attached hydrogens (tertiary/aromatic N) is 1. The van der Waals surface area contributed by atoms with Crippen molar-refractivity contribution < 1.29 is 27.9 Å². The van der Waals surface area contributed by atoms with Gasteiger partial charge >= 0.3 is 12.1 Å². The Kier molecular flexibility index (Phi) is 6.07. The maximum absolute atomic E-state index is 12.5. The van der Waals surface area contributed by atoms with Gasteiger partial charge in [0, 0.05) is 23.2 Å². The van der Waals surface area contributed by atoms with E-state index in [1.54, 1.807) is 0 Å². The highest BCUT2D eigenvalue weighted by atomic mass is 35.5. The van der Waals surface area contributed by atoms with Crippen molar-refractivity contribution in [3.63, 3.8) is 0 Å². The number of pyridine rings is 1. The molecular formula is C16H11ClF3NO3S. The Bertz CT molecular complexity index is 764. The van der Waals surface area contributed by atoms with Gasteiger partial charge in [-0.1, -0.05) is 23.4 Å². The summed E-state index contributed by atoms with van der Waals surface area (Å²) in [7, 11) is 0. The topological polar surface area (TPSA) is 67.3 Å². The van der Waals surface area contributed by atoms with Crippen molar-refractivity contribution in [2.45, 2.75) is 22.9 Å². The molecule has 1 aromatic carbocycles. The number of hydrogen-bond donors (Lipinski definition) is 1. The third-order valence-corrected chi connectivity index (χ3v) is 4.53. The van der Waals surface area contributed by atoms with Crippen LogP contribution in [-0.2, 0) is 11.0 Å². The van der Waals surface area contributed by atoms with Crippen LogP contribution in [0.15, 0.2) is 47.6 Å². The van der Waals surface area contributed by atoms with Gasteiger partial charge in [0.15, 0.2) is 5.78 Å². The van der Waals surface area contributed by atoms with Gasteiger partial charge in [-0.3, -0.25) is 9.59 Å². The maximum Gasteiger partial charge on any atom is 0.417 e. The van der Waals surface area contributed by atoms with E-state index in [4.69, 9.17) is 11.6 Å². The minimum absolute atomic E-state index is 0.0873. The van der Waals surface area contributed by atoms with E-state index in [-0.39, 0.29) is 11.4 Å². The predicted octanol–water partition coefficient (Wildman–Crippen LogP) is 4.57. The number of hydrogen-bond acceptors (Lipinski definition) is 4. The fraction of sp³-hybridized carbons (Fsp3) is 0.188. The molecule has 0 spiro atoms. The van der Waals surface area contributed by atoms with E-state index in [2.05, 4.69) is 4.98 Å². The third-order valence-electron chi connectivity index (χ3n) is 3.14. The van der Waals surface area contributed by atoms with Crippen molar-refractivity contribution in [3.8, 4) is 0 Å². The number of Topliss-reactive ketones (excluding diaryl/α,β-unsaturated/α-hetero) is 1. The summed E-state index contributed by atoms with van der Waals surface area (Å²) in [6.45, 7) is 0. The Morgan fingerprint density at radius 2 is 1.80 bits per heavy atom. The number of ketones is 1. The molecule has 2 aromatic rings. The average molecular weight is 390 g/mol. The number of rotatable bonds is 6. The minimum atomic E-state index is -4.52. The van der Waals surface area contributed by atoms with Gasteiger partial charge in [-0.2, -0.15) is 13.2 Å². The van der Waals surface area contributed by atoms with Gasteiger partial charge in [-0.25, -0.2) is 4.98 Å². The molecule has 1 unspecified atom stereocenters. The van der Waals surface area contributed by atoms with Crippen molar-refractivity contribution in [1.82, 2.24) is 4.98 Å². The molecule has 0 aliphatic heterocycles. The summed E-state index contributed by atoms with van der Waals surface area (Å²) in [6, 6.07) is 7.87. The highest BCUT2D eigenvalue weighted by molar-refractivity contribution is 8.00. The van der Waals surface area contributed by atoms with Crippen molar-refractivity contribution in [1.29, 1.82) is 0 Å². The molecule has 9 heteroatoms. The summed E-state index contributed by atoms with van der Waals surface area (Å²) in [5.74, 6) is -1.67. The van der Waals surface area contributed by atoms with E-state index in [0.29, 0.717) is 16.8 Å². The lowest BCUT2D eigenvalue weighted by molar-refractivity contribution is -0.138. The molecule has 1 N–H and O–H groups in total. The molecule has 25 heavy (non-hydrogen) atoms. The lowest BCUT2D eigenvalue weighted by Gasteiger charge is -2.12. The Balaban J connectivity index is 2.09. The molecule has 2 rings (SSSR count). The van der Waals surface area contributed by atoms with E-state index in [9.17, 15) is 27.9 Å². The molecule has 4 nitrogen and oxygen atoms in total. The van der Waals surface area contributed by atoms with Crippen LogP contribution in [-0.4, -0.2) is 27.1 Å². The molecule has 1 aromatic heterocycles. The van der Waals surface area contributed by atoms with Gasteiger partial charge in [-0.05, 0) is 36.4 Å². The summed E-state index contributed by atoms with van der Waals surface area (Å²) in [6.07, 6.45) is -4.22. The van der Waals surface area contributed by atoms with Gasteiger partial charge in [0.2, 0.25) is 0 Å². The zero-order valence-corrected chi connectivity index (χ0v) is 14.0. The molecule has 1 atom stereocenters. The summed E-state index contributed by atoms with van der Waals surface area (Å²) in [5, 5.41) is 8.61. The molecule has 0 aliphatic rings. The van der Waals surface area contributed by atoms with Gasteiger partial charge in [-0.15, -0.1) is 0 Å². The predicted molar refractivity (Wildman–Crippen MR) is 86.9 cm³/mol. The molecule has 0 radical (unpaired) electrons. The summed E-state index contributed by atoms with van der Waals surface area (Å²) >= 11 is 6.44. The molecule has 0 aliphatic carbocycles. The van der Waals surface area contributed by atoms with Crippen molar-refractivity contribution in [2.75, 3.05) is 0 Å². The second kappa shape index (κ2) is 7.88. The zero-order chi connectivity index (χ0) is 18.6. The first-order chi connectivity index (χ1) is 11.7. The molecule has 132 valence electrons.